The van der Waals surface area contributed by atoms with Gasteiger partial charge in [-0.15, -0.1) is 0 Å². The zero-order valence-corrected chi connectivity index (χ0v) is 12.9. The molecular weight excluding hydrogens is 296 g/mol. The first kappa shape index (κ1) is 14.8. The maximum absolute atomic E-state index is 12.3. The fourth-order valence-electron chi connectivity index (χ4n) is 3.78. The first-order chi connectivity index (χ1) is 11.1. The van der Waals surface area contributed by atoms with E-state index in [9.17, 15) is 15.0 Å². The number of hydrogen-bond donors (Lipinski definition) is 3. The Morgan fingerprint density at radius 1 is 1.22 bits per heavy atom. The van der Waals surface area contributed by atoms with Crippen molar-refractivity contribution in [3.63, 3.8) is 0 Å². The summed E-state index contributed by atoms with van der Waals surface area (Å²) >= 11 is 0. The number of benzene rings is 1. The fraction of sp³-hybridized carbons (Fsp3) is 0.588. The molecule has 0 bridgehead atoms. The highest BCUT2D eigenvalue weighted by atomic mass is 16.5. The van der Waals surface area contributed by atoms with Gasteiger partial charge in [0.2, 0.25) is 0 Å². The summed E-state index contributed by atoms with van der Waals surface area (Å²) in [5, 5.41) is 22.5. The van der Waals surface area contributed by atoms with Crippen molar-refractivity contribution in [3.8, 4) is 11.5 Å². The number of aromatic hydroxyl groups is 2. The van der Waals surface area contributed by atoms with Gasteiger partial charge in [0.25, 0.3) is 5.91 Å². The number of hydrogen-bond acceptors (Lipinski definition) is 5. The summed E-state index contributed by atoms with van der Waals surface area (Å²) in [5.74, 6) is -0.0985. The second-order valence-electron chi connectivity index (χ2n) is 6.89. The van der Waals surface area contributed by atoms with E-state index in [1.807, 2.05) is 0 Å². The van der Waals surface area contributed by atoms with E-state index < -0.39 is 5.91 Å². The van der Waals surface area contributed by atoms with Gasteiger partial charge in [-0.3, -0.25) is 9.69 Å². The van der Waals surface area contributed by atoms with Crippen LogP contribution in [0.15, 0.2) is 18.2 Å². The van der Waals surface area contributed by atoms with Crippen LogP contribution in [-0.2, 0) is 4.74 Å². The molecule has 1 saturated carbocycles. The molecule has 2 saturated heterocycles. The topological polar surface area (TPSA) is 82.0 Å². The molecule has 3 fully saturated rings. The van der Waals surface area contributed by atoms with Crippen molar-refractivity contribution in [2.24, 2.45) is 5.92 Å². The summed E-state index contributed by atoms with van der Waals surface area (Å²) in [7, 11) is 0. The standard InChI is InChI=1S/C17H22N2O4/c20-13-2-1-3-14(21)16(13)17(22)18-11-6-12-9-23-15(10-4-5-10)8-19(12)7-11/h1-3,10-12,15,20-21H,4-9H2,(H,18,22)/t11-,12+,15+/m1/s1. The van der Waals surface area contributed by atoms with Gasteiger partial charge >= 0.3 is 0 Å². The van der Waals surface area contributed by atoms with Crippen molar-refractivity contribution in [1.82, 2.24) is 10.2 Å². The number of carbonyl (C=O) groups is 1. The molecule has 3 aliphatic rings. The molecule has 0 spiro atoms. The van der Waals surface area contributed by atoms with Crippen molar-refractivity contribution in [1.29, 1.82) is 0 Å². The van der Waals surface area contributed by atoms with Gasteiger partial charge in [0, 0.05) is 25.2 Å². The molecular formula is C17H22N2O4. The normalized spacial score (nSPS) is 30.9. The molecule has 2 heterocycles. The van der Waals surface area contributed by atoms with Gasteiger partial charge in [-0.2, -0.15) is 0 Å². The minimum absolute atomic E-state index is 0.0214. The predicted molar refractivity (Wildman–Crippen MR) is 83.5 cm³/mol. The zero-order chi connectivity index (χ0) is 16.0. The number of nitrogens with one attached hydrogen (secondary N) is 1. The van der Waals surface area contributed by atoms with Crippen LogP contribution in [0.4, 0.5) is 0 Å². The third-order valence-electron chi connectivity index (χ3n) is 5.18. The van der Waals surface area contributed by atoms with Gasteiger partial charge < -0.3 is 20.3 Å². The molecule has 124 valence electrons. The van der Waals surface area contributed by atoms with E-state index in [1.165, 1.54) is 31.0 Å². The summed E-state index contributed by atoms with van der Waals surface area (Å²) in [4.78, 5) is 14.8. The third kappa shape index (κ3) is 2.88. The van der Waals surface area contributed by atoms with Gasteiger partial charge in [0.05, 0.1) is 12.7 Å². The Balaban J connectivity index is 1.39. The van der Waals surface area contributed by atoms with Gasteiger partial charge in [0.15, 0.2) is 0 Å². The van der Waals surface area contributed by atoms with Gasteiger partial charge in [0.1, 0.15) is 17.1 Å². The Morgan fingerprint density at radius 2 is 1.96 bits per heavy atom. The van der Waals surface area contributed by atoms with Crippen LogP contribution in [0.25, 0.3) is 0 Å². The van der Waals surface area contributed by atoms with E-state index in [2.05, 4.69) is 10.2 Å². The van der Waals surface area contributed by atoms with Crippen LogP contribution < -0.4 is 5.32 Å². The second kappa shape index (κ2) is 5.69. The highest BCUT2D eigenvalue weighted by Crippen LogP contribution is 2.38. The largest absolute Gasteiger partial charge is 0.507 e. The van der Waals surface area contributed by atoms with E-state index in [0.29, 0.717) is 12.1 Å². The maximum atomic E-state index is 12.3. The van der Waals surface area contributed by atoms with Crippen LogP contribution in [0.3, 0.4) is 0 Å². The predicted octanol–water partition coefficient (Wildman–Crippen LogP) is 1.08. The third-order valence-corrected chi connectivity index (χ3v) is 5.18. The maximum Gasteiger partial charge on any atom is 0.259 e. The van der Waals surface area contributed by atoms with Crippen molar-refractivity contribution >= 4 is 5.91 Å². The molecule has 1 amide bonds. The molecule has 1 aromatic rings. The van der Waals surface area contributed by atoms with Crippen molar-refractivity contribution in [2.45, 2.75) is 37.5 Å². The molecule has 1 aliphatic carbocycles. The van der Waals surface area contributed by atoms with Gasteiger partial charge in [-0.25, -0.2) is 0 Å². The number of amides is 1. The SMILES string of the molecule is O=C(N[C@@H]1C[C@H]2CO[C@H](C3CC3)CN2C1)c1c(O)cccc1O. The van der Waals surface area contributed by atoms with Crippen LogP contribution in [0.2, 0.25) is 0 Å². The Hall–Kier alpha value is -1.79. The number of phenolic OH excluding ortho intramolecular Hbond substituents is 2. The monoisotopic (exact) mass is 318 g/mol. The Morgan fingerprint density at radius 3 is 2.65 bits per heavy atom. The molecule has 0 unspecified atom stereocenters. The molecule has 6 nitrogen and oxygen atoms in total. The molecule has 6 heteroatoms. The summed E-state index contributed by atoms with van der Waals surface area (Å²) in [5.41, 5.74) is -0.0514. The minimum atomic E-state index is -0.426. The smallest absolute Gasteiger partial charge is 0.259 e. The van der Waals surface area contributed by atoms with Crippen molar-refractivity contribution in [2.75, 3.05) is 19.7 Å². The quantitative estimate of drug-likeness (QED) is 0.777. The summed E-state index contributed by atoms with van der Waals surface area (Å²) < 4.78 is 5.96. The molecule has 3 atom stereocenters. The Labute approximate surface area is 135 Å². The number of fused-ring (bicyclic) bond motifs is 1. The van der Waals surface area contributed by atoms with E-state index in [1.54, 1.807) is 0 Å². The lowest BCUT2D eigenvalue weighted by molar-refractivity contribution is -0.0581. The number of ether oxygens (including phenoxy) is 1. The number of rotatable bonds is 3. The highest BCUT2D eigenvalue weighted by molar-refractivity contribution is 5.99. The van der Waals surface area contributed by atoms with Crippen LogP contribution in [0.5, 0.6) is 11.5 Å². The highest BCUT2D eigenvalue weighted by Gasteiger charge is 2.42. The van der Waals surface area contributed by atoms with Crippen molar-refractivity contribution < 1.29 is 19.7 Å². The molecule has 4 rings (SSSR count). The van der Waals surface area contributed by atoms with E-state index in [4.69, 9.17) is 4.74 Å². The van der Waals surface area contributed by atoms with Crippen LogP contribution in [0.1, 0.15) is 29.6 Å². The number of phenols is 2. The molecule has 2 aliphatic heterocycles. The first-order valence-electron chi connectivity index (χ1n) is 8.29. The Kier molecular flexibility index (Phi) is 3.66. The first-order valence-corrected chi connectivity index (χ1v) is 8.29. The zero-order valence-electron chi connectivity index (χ0n) is 12.9. The molecule has 0 aromatic heterocycles. The van der Waals surface area contributed by atoms with Crippen LogP contribution in [0, 0.1) is 5.92 Å². The van der Waals surface area contributed by atoms with Gasteiger partial charge in [-0.1, -0.05) is 6.07 Å². The molecule has 1 aromatic carbocycles. The molecule has 0 radical (unpaired) electrons. The average molecular weight is 318 g/mol. The lowest BCUT2D eigenvalue weighted by Crippen LogP contribution is -2.47. The second-order valence-corrected chi connectivity index (χ2v) is 6.89. The van der Waals surface area contributed by atoms with E-state index in [-0.39, 0.29) is 23.1 Å². The average Bonchev–Trinajstić information content (AvgIpc) is 3.27. The lowest BCUT2D eigenvalue weighted by atomic mass is 10.1. The van der Waals surface area contributed by atoms with Crippen molar-refractivity contribution in [3.05, 3.63) is 23.8 Å². The van der Waals surface area contributed by atoms with Gasteiger partial charge in [-0.05, 0) is 37.3 Å². The number of nitrogens with zero attached hydrogens (tertiary/aromatic N) is 1. The van der Waals surface area contributed by atoms with E-state index >= 15 is 0 Å². The molecule has 3 N–H and O–H groups in total. The Bertz CT molecular complexity index is 596. The lowest BCUT2D eigenvalue weighted by Gasteiger charge is -2.35. The summed E-state index contributed by atoms with van der Waals surface area (Å²) in [6.45, 7) is 2.48. The van der Waals surface area contributed by atoms with Crippen LogP contribution in [-0.4, -0.2) is 58.9 Å². The number of carbonyl (C=O) groups excluding carboxylic acids is 1. The summed E-state index contributed by atoms with van der Waals surface area (Å²) in [6, 6.07) is 4.69. The molecule has 23 heavy (non-hydrogen) atoms. The fourth-order valence-corrected chi connectivity index (χ4v) is 3.78. The summed E-state index contributed by atoms with van der Waals surface area (Å²) in [6.07, 6.45) is 3.74. The van der Waals surface area contributed by atoms with E-state index in [0.717, 1.165) is 32.0 Å². The minimum Gasteiger partial charge on any atom is -0.507 e. The number of morpholine rings is 1. The van der Waals surface area contributed by atoms with Crippen LogP contribution >= 0.6 is 0 Å².